The maximum absolute atomic E-state index is 12.1. The lowest BCUT2D eigenvalue weighted by atomic mass is 10.2. The van der Waals surface area contributed by atoms with Crippen LogP contribution in [-0.2, 0) is 15.6 Å². The van der Waals surface area contributed by atoms with Crippen molar-refractivity contribution in [1.29, 1.82) is 0 Å². The van der Waals surface area contributed by atoms with Crippen molar-refractivity contribution in [3.8, 4) is 0 Å². The summed E-state index contributed by atoms with van der Waals surface area (Å²) in [6.07, 6.45) is 0. The van der Waals surface area contributed by atoms with Gasteiger partial charge in [-0.25, -0.2) is 8.42 Å². The van der Waals surface area contributed by atoms with E-state index < -0.39 is 9.84 Å². The summed E-state index contributed by atoms with van der Waals surface area (Å²) in [6.45, 7) is 1.81. The van der Waals surface area contributed by atoms with E-state index in [4.69, 9.17) is 5.73 Å². The minimum Gasteiger partial charge on any atom is -0.399 e. The highest BCUT2D eigenvalue weighted by atomic mass is 32.2. The summed E-state index contributed by atoms with van der Waals surface area (Å²) in [4.78, 5) is 1.18. The van der Waals surface area contributed by atoms with Crippen LogP contribution in [0.4, 0.5) is 5.69 Å². The SMILES string of the molecule is Cc1cc(S(=O)(=O)Cc2cccs2)ccc1N. The van der Waals surface area contributed by atoms with E-state index in [2.05, 4.69) is 0 Å². The second-order valence-electron chi connectivity index (χ2n) is 3.86. The fourth-order valence-electron chi connectivity index (χ4n) is 1.51. The van der Waals surface area contributed by atoms with Crippen molar-refractivity contribution < 1.29 is 8.42 Å². The molecule has 0 aliphatic rings. The van der Waals surface area contributed by atoms with Gasteiger partial charge in [-0.15, -0.1) is 11.3 Å². The second kappa shape index (κ2) is 4.50. The van der Waals surface area contributed by atoms with Crippen LogP contribution in [0.2, 0.25) is 0 Å². The molecular formula is C12H13NO2S2. The molecule has 0 unspecified atom stereocenters. The van der Waals surface area contributed by atoms with Crippen molar-refractivity contribution in [2.24, 2.45) is 0 Å². The first kappa shape index (κ1) is 12.1. The molecule has 0 amide bonds. The molecule has 0 radical (unpaired) electrons. The lowest BCUT2D eigenvalue weighted by Gasteiger charge is -2.05. The van der Waals surface area contributed by atoms with Gasteiger partial charge in [-0.1, -0.05) is 6.07 Å². The fourth-order valence-corrected chi connectivity index (χ4v) is 4.00. The largest absolute Gasteiger partial charge is 0.399 e. The Bertz CT molecular complexity index is 616. The molecule has 17 heavy (non-hydrogen) atoms. The Morgan fingerprint density at radius 3 is 2.65 bits per heavy atom. The van der Waals surface area contributed by atoms with Crippen LogP contribution in [0.15, 0.2) is 40.6 Å². The highest BCUT2D eigenvalue weighted by molar-refractivity contribution is 7.90. The molecule has 2 aromatic rings. The van der Waals surface area contributed by atoms with Gasteiger partial charge < -0.3 is 5.73 Å². The predicted molar refractivity (Wildman–Crippen MR) is 70.8 cm³/mol. The van der Waals surface area contributed by atoms with Crippen molar-refractivity contribution in [2.45, 2.75) is 17.6 Å². The predicted octanol–water partition coefficient (Wildman–Crippen LogP) is 2.61. The molecule has 0 saturated carbocycles. The van der Waals surface area contributed by atoms with Crippen LogP contribution in [0.3, 0.4) is 0 Å². The summed E-state index contributed by atoms with van der Waals surface area (Å²) < 4.78 is 24.3. The number of anilines is 1. The van der Waals surface area contributed by atoms with Crippen molar-refractivity contribution in [1.82, 2.24) is 0 Å². The van der Waals surface area contributed by atoms with Gasteiger partial charge in [-0.05, 0) is 42.1 Å². The number of hydrogen-bond acceptors (Lipinski definition) is 4. The number of nitrogens with two attached hydrogens (primary N) is 1. The van der Waals surface area contributed by atoms with E-state index in [-0.39, 0.29) is 5.75 Å². The number of sulfone groups is 1. The summed E-state index contributed by atoms with van der Waals surface area (Å²) in [6, 6.07) is 8.50. The third-order valence-corrected chi connectivity index (χ3v) is 5.24. The van der Waals surface area contributed by atoms with Gasteiger partial charge in [-0.3, -0.25) is 0 Å². The molecule has 0 saturated heterocycles. The maximum Gasteiger partial charge on any atom is 0.183 e. The van der Waals surface area contributed by atoms with E-state index in [9.17, 15) is 8.42 Å². The first-order chi connectivity index (χ1) is 7.99. The standard InChI is InChI=1S/C12H13NO2S2/c1-9-7-11(4-5-12(9)13)17(14,15)8-10-3-2-6-16-10/h2-7H,8,13H2,1H3. The molecule has 0 atom stereocenters. The quantitative estimate of drug-likeness (QED) is 0.870. The molecule has 1 aromatic heterocycles. The lowest BCUT2D eigenvalue weighted by Crippen LogP contribution is -2.04. The number of nitrogen functional groups attached to an aromatic ring is 1. The number of benzene rings is 1. The van der Waals surface area contributed by atoms with Crippen molar-refractivity contribution in [2.75, 3.05) is 5.73 Å². The van der Waals surface area contributed by atoms with E-state index in [1.165, 1.54) is 11.3 Å². The van der Waals surface area contributed by atoms with Gasteiger partial charge >= 0.3 is 0 Å². The average molecular weight is 267 g/mol. The molecule has 0 spiro atoms. The van der Waals surface area contributed by atoms with E-state index in [0.717, 1.165) is 10.4 Å². The van der Waals surface area contributed by atoms with Crippen molar-refractivity contribution >= 4 is 26.9 Å². The zero-order valence-corrected chi connectivity index (χ0v) is 11.0. The summed E-state index contributed by atoms with van der Waals surface area (Å²) in [7, 11) is -3.27. The minimum absolute atomic E-state index is 0.0496. The fraction of sp³-hybridized carbons (Fsp3) is 0.167. The molecule has 0 fully saturated rings. The molecule has 0 bridgehead atoms. The second-order valence-corrected chi connectivity index (χ2v) is 6.88. The highest BCUT2D eigenvalue weighted by Crippen LogP contribution is 2.22. The van der Waals surface area contributed by atoms with Gasteiger partial charge in [0.05, 0.1) is 10.6 Å². The van der Waals surface area contributed by atoms with Gasteiger partial charge in [0.15, 0.2) is 9.84 Å². The van der Waals surface area contributed by atoms with E-state index >= 15 is 0 Å². The van der Waals surface area contributed by atoms with E-state index in [0.29, 0.717) is 10.6 Å². The summed E-state index contributed by atoms with van der Waals surface area (Å²) in [5.74, 6) is 0.0496. The van der Waals surface area contributed by atoms with Crippen LogP contribution in [0.5, 0.6) is 0 Å². The third kappa shape index (κ3) is 2.68. The molecule has 0 aliphatic carbocycles. The molecule has 1 aromatic carbocycles. The number of rotatable bonds is 3. The van der Waals surface area contributed by atoms with Crippen LogP contribution < -0.4 is 5.73 Å². The topological polar surface area (TPSA) is 60.2 Å². The van der Waals surface area contributed by atoms with Crippen LogP contribution in [0.1, 0.15) is 10.4 Å². The zero-order chi connectivity index (χ0) is 12.5. The summed E-state index contributed by atoms with van der Waals surface area (Å²) in [5.41, 5.74) is 7.08. The molecule has 90 valence electrons. The lowest BCUT2D eigenvalue weighted by molar-refractivity contribution is 0.595. The number of hydrogen-bond donors (Lipinski definition) is 1. The average Bonchev–Trinajstić information content (AvgIpc) is 2.73. The van der Waals surface area contributed by atoms with Gasteiger partial charge in [0.2, 0.25) is 0 Å². The molecule has 1 heterocycles. The number of thiophene rings is 1. The molecule has 2 N–H and O–H groups in total. The van der Waals surface area contributed by atoms with Gasteiger partial charge in [0, 0.05) is 10.6 Å². The van der Waals surface area contributed by atoms with Gasteiger partial charge in [-0.2, -0.15) is 0 Å². The summed E-state index contributed by atoms with van der Waals surface area (Å²) >= 11 is 1.45. The maximum atomic E-state index is 12.1. The molecule has 0 aliphatic heterocycles. The van der Waals surface area contributed by atoms with Gasteiger partial charge in [0.25, 0.3) is 0 Å². The third-order valence-electron chi connectivity index (χ3n) is 2.51. The smallest absolute Gasteiger partial charge is 0.183 e. The van der Waals surface area contributed by atoms with Gasteiger partial charge in [0.1, 0.15) is 0 Å². The number of aryl methyl sites for hydroxylation is 1. The molecular weight excluding hydrogens is 254 g/mol. The first-order valence-corrected chi connectivity index (χ1v) is 7.63. The van der Waals surface area contributed by atoms with E-state index in [1.807, 2.05) is 17.5 Å². The Morgan fingerprint density at radius 2 is 2.06 bits per heavy atom. The zero-order valence-electron chi connectivity index (χ0n) is 9.38. The Hall–Kier alpha value is -1.33. The first-order valence-electron chi connectivity index (χ1n) is 5.10. The molecule has 5 heteroatoms. The molecule has 2 rings (SSSR count). The Labute approximate surface area is 105 Å². The molecule has 3 nitrogen and oxygen atoms in total. The highest BCUT2D eigenvalue weighted by Gasteiger charge is 2.16. The van der Waals surface area contributed by atoms with Crippen LogP contribution in [0, 0.1) is 6.92 Å². The van der Waals surface area contributed by atoms with Crippen LogP contribution >= 0.6 is 11.3 Å². The van der Waals surface area contributed by atoms with E-state index in [1.54, 1.807) is 25.1 Å². The van der Waals surface area contributed by atoms with Crippen molar-refractivity contribution in [3.63, 3.8) is 0 Å². The minimum atomic E-state index is -3.27. The van der Waals surface area contributed by atoms with Crippen LogP contribution in [-0.4, -0.2) is 8.42 Å². The normalized spacial score (nSPS) is 11.6. The Balaban J connectivity index is 2.35. The van der Waals surface area contributed by atoms with Crippen molar-refractivity contribution in [3.05, 3.63) is 46.2 Å². The Kier molecular flexibility index (Phi) is 3.22. The monoisotopic (exact) mass is 267 g/mol. The van der Waals surface area contributed by atoms with Crippen LogP contribution in [0.25, 0.3) is 0 Å². The Morgan fingerprint density at radius 1 is 1.29 bits per heavy atom. The summed E-state index contributed by atoms with van der Waals surface area (Å²) in [5, 5.41) is 1.87.